The van der Waals surface area contributed by atoms with E-state index >= 15 is 0 Å². The Morgan fingerprint density at radius 1 is 1.05 bits per heavy atom. The van der Waals surface area contributed by atoms with E-state index in [1.54, 1.807) is 0 Å². The van der Waals surface area contributed by atoms with Gasteiger partial charge in [0.1, 0.15) is 6.10 Å². The molecule has 0 saturated heterocycles. The van der Waals surface area contributed by atoms with Crippen LogP contribution in [0, 0.1) is 5.92 Å². The molecule has 19 heavy (non-hydrogen) atoms. The fraction of sp³-hybridized carbons (Fsp3) is 0.588. The lowest BCUT2D eigenvalue weighted by atomic mass is 9.82. The third kappa shape index (κ3) is 2.59. The highest BCUT2D eigenvalue weighted by atomic mass is 16.3. The highest BCUT2D eigenvalue weighted by Gasteiger charge is 2.28. The smallest absolute Gasteiger partial charge is 0.191 e. The van der Waals surface area contributed by atoms with Gasteiger partial charge < -0.3 is 5.11 Å². The molecule has 102 valence electrons. The second-order valence-corrected chi connectivity index (χ2v) is 6.04. The molecule has 2 nitrogen and oxygen atoms in total. The molecule has 0 spiro atoms. The molecule has 1 N–H and O–H groups in total. The molecule has 0 aromatic heterocycles. The van der Waals surface area contributed by atoms with Crippen LogP contribution in [-0.4, -0.2) is 17.0 Å². The molecule has 3 rings (SSSR count). The molecule has 2 aliphatic carbocycles. The van der Waals surface area contributed by atoms with Crippen molar-refractivity contribution in [3.63, 3.8) is 0 Å². The molecule has 0 heterocycles. The maximum absolute atomic E-state index is 12.4. The fourth-order valence-electron chi connectivity index (χ4n) is 3.56. The zero-order chi connectivity index (χ0) is 13.2. The summed E-state index contributed by atoms with van der Waals surface area (Å²) in [5.74, 6) is 0.108. The number of aryl methyl sites for hydroxylation is 2. The van der Waals surface area contributed by atoms with Gasteiger partial charge in [0, 0.05) is 5.56 Å². The predicted molar refractivity (Wildman–Crippen MR) is 75.4 cm³/mol. The van der Waals surface area contributed by atoms with Crippen LogP contribution < -0.4 is 0 Å². The SMILES string of the molecule is O=C(c1ccc2c(c1)CCC2)C(O)C1CCCCC1. The molecular weight excluding hydrogens is 236 g/mol. The minimum absolute atomic E-state index is 0.0680. The number of carbonyl (C=O) groups excluding carboxylic acids is 1. The van der Waals surface area contributed by atoms with Gasteiger partial charge in [0.15, 0.2) is 5.78 Å². The minimum atomic E-state index is -0.792. The van der Waals surface area contributed by atoms with Gasteiger partial charge in [-0.1, -0.05) is 31.4 Å². The lowest BCUT2D eigenvalue weighted by Crippen LogP contribution is -2.31. The van der Waals surface area contributed by atoms with Gasteiger partial charge in [0.25, 0.3) is 0 Å². The van der Waals surface area contributed by atoms with Crippen molar-refractivity contribution in [2.45, 2.75) is 57.5 Å². The number of carbonyl (C=O) groups is 1. The van der Waals surface area contributed by atoms with Crippen LogP contribution in [0.5, 0.6) is 0 Å². The summed E-state index contributed by atoms with van der Waals surface area (Å²) in [6.45, 7) is 0. The number of rotatable bonds is 3. The summed E-state index contributed by atoms with van der Waals surface area (Å²) in [5.41, 5.74) is 3.39. The van der Waals surface area contributed by atoms with Crippen LogP contribution in [0.25, 0.3) is 0 Å². The Kier molecular flexibility index (Phi) is 3.69. The highest BCUT2D eigenvalue weighted by molar-refractivity contribution is 5.99. The van der Waals surface area contributed by atoms with Crippen LogP contribution in [-0.2, 0) is 12.8 Å². The Balaban J connectivity index is 1.75. The van der Waals surface area contributed by atoms with Crippen molar-refractivity contribution in [3.8, 4) is 0 Å². The van der Waals surface area contributed by atoms with E-state index in [0.717, 1.165) is 38.5 Å². The molecular formula is C17H22O2. The number of Topliss-reactive ketones (excluding diaryl/α,β-unsaturated/α-hetero) is 1. The molecule has 1 unspecified atom stereocenters. The summed E-state index contributed by atoms with van der Waals surface area (Å²) < 4.78 is 0. The zero-order valence-electron chi connectivity index (χ0n) is 11.4. The molecule has 0 aliphatic heterocycles. The van der Waals surface area contributed by atoms with Gasteiger partial charge in [0.05, 0.1) is 0 Å². The molecule has 2 heteroatoms. The van der Waals surface area contributed by atoms with Crippen LogP contribution >= 0.6 is 0 Å². The summed E-state index contributed by atoms with van der Waals surface area (Å²) in [6, 6.07) is 5.98. The quantitative estimate of drug-likeness (QED) is 0.845. The van der Waals surface area contributed by atoms with Gasteiger partial charge in [-0.3, -0.25) is 4.79 Å². The minimum Gasteiger partial charge on any atom is -0.385 e. The van der Waals surface area contributed by atoms with Crippen molar-refractivity contribution in [1.29, 1.82) is 0 Å². The first kappa shape index (κ1) is 12.9. The van der Waals surface area contributed by atoms with E-state index in [2.05, 4.69) is 6.07 Å². The summed E-state index contributed by atoms with van der Waals surface area (Å²) in [6.07, 6.45) is 8.16. The van der Waals surface area contributed by atoms with Gasteiger partial charge >= 0.3 is 0 Å². The summed E-state index contributed by atoms with van der Waals surface area (Å²) in [7, 11) is 0. The maximum Gasteiger partial charge on any atom is 0.191 e. The monoisotopic (exact) mass is 258 g/mol. The summed E-state index contributed by atoms with van der Waals surface area (Å²) >= 11 is 0. The Hall–Kier alpha value is -1.15. The first-order chi connectivity index (χ1) is 9.25. The number of hydrogen-bond acceptors (Lipinski definition) is 2. The van der Waals surface area contributed by atoms with Gasteiger partial charge in [-0.05, 0) is 55.2 Å². The number of hydrogen-bond donors (Lipinski definition) is 1. The van der Waals surface area contributed by atoms with Crippen molar-refractivity contribution in [2.24, 2.45) is 5.92 Å². The van der Waals surface area contributed by atoms with E-state index in [9.17, 15) is 9.90 Å². The molecule has 0 bridgehead atoms. The molecule has 1 atom stereocenters. The second-order valence-electron chi connectivity index (χ2n) is 6.04. The third-order valence-electron chi connectivity index (χ3n) is 4.75. The van der Waals surface area contributed by atoms with E-state index < -0.39 is 6.10 Å². The number of benzene rings is 1. The number of aliphatic hydroxyl groups excluding tert-OH is 1. The van der Waals surface area contributed by atoms with Crippen molar-refractivity contribution < 1.29 is 9.90 Å². The molecule has 1 saturated carbocycles. The van der Waals surface area contributed by atoms with Crippen LogP contribution in [0.1, 0.15) is 60.0 Å². The molecule has 1 aromatic rings. The number of aliphatic hydroxyl groups is 1. The zero-order valence-corrected chi connectivity index (χ0v) is 11.4. The highest BCUT2D eigenvalue weighted by Crippen LogP contribution is 2.29. The van der Waals surface area contributed by atoms with E-state index in [1.807, 2.05) is 12.1 Å². The van der Waals surface area contributed by atoms with Crippen LogP contribution in [0.4, 0.5) is 0 Å². The Morgan fingerprint density at radius 2 is 1.79 bits per heavy atom. The number of fused-ring (bicyclic) bond motifs is 1. The van der Waals surface area contributed by atoms with Crippen molar-refractivity contribution in [2.75, 3.05) is 0 Å². The van der Waals surface area contributed by atoms with Crippen LogP contribution in [0.3, 0.4) is 0 Å². The maximum atomic E-state index is 12.4. The van der Waals surface area contributed by atoms with E-state index in [1.165, 1.54) is 24.0 Å². The van der Waals surface area contributed by atoms with Crippen molar-refractivity contribution >= 4 is 5.78 Å². The first-order valence-electron chi connectivity index (χ1n) is 7.60. The van der Waals surface area contributed by atoms with Crippen molar-refractivity contribution in [1.82, 2.24) is 0 Å². The number of ketones is 1. The van der Waals surface area contributed by atoms with Crippen LogP contribution in [0.15, 0.2) is 18.2 Å². The molecule has 1 aromatic carbocycles. The average Bonchev–Trinajstić information content (AvgIpc) is 2.94. The normalized spacial score (nSPS) is 21.1. The van der Waals surface area contributed by atoms with E-state index in [-0.39, 0.29) is 11.7 Å². The second kappa shape index (κ2) is 5.46. The van der Waals surface area contributed by atoms with E-state index in [0.29, 0.717) is 5.56 Å². The lowest BCUT2D eigenvalue weighted by Gasteiger charge is -2.25. The molecule has 1 fully saturated rings. The fourth-order valence-corrected chi connectivity index (χ4v) is 3.56. The van der Waals surface area contributed by atoms with Crippen LogP contribution in [0.2, 0.25) is 0 Å². The van der Waals surface area contributed by atoms with Gasteiger partial charge in [-0.2, -0.15) is 0 Å². The van der Waals surface area contributed by atoms with Gasteiger partial charge in [0.2, 0.25) is 0 Å². The molecule has 2 aliphatic rings. The first-order valence-corrected chi connectivity index (χ1v) is 7.60. The Labute approximate surface area is 114 Å². The predicted octanol–water partition coefficient (Wildman–Crippen LogP) is 3.30. The summed E-state index contributed by atoms with van der Waals surface area (Å²) in [5, 5.41) is 10.3. The third-order valence-corrected chi connectivity index (χ3v) is 4.75. The molecule has 0 radical (unpaired) electrons. The van der Waals surface area contributed by atoms with Gasteiger partial charge in [-0.15, -0.1) is 0 Å². The van der Waals surface area contributed by atoms with Gasteiger partial charge in [-0.25, -0.2) is 0 Å². The molecule has 0 amide bonds. The topological polar surface area (TPSA) is 37.3 Å². The Bertz CT molecular complexity index is 472. The average molecular weight is 258 g/mol. The Morgan fingerprint density at radius 3 is 2.58 bits per heavy atom. The van der Waals surface area contributed by atoms with E-state index in [4.69, 9.17) is 0 Å². The lowest BCUT2D eigenvalue weighted by molar-refractivity contribution is 0.0534. The van der Waals surface area contributed by atoms with Crippen molar-refractivity contribution in [3.05, 3.63) is 34.9 Å². The summed E-state index contributed by atoms with van der Waals surface area (Å²) in [4.78, 5) is 12.4. The largest absolute Gasteiger partial charge is 0.385 e. The standard InChI is InChI=1S/C17H22O2/c18-16(13-5-2-1-3-6-13)17(19)15-10-9-12-7-4-8-14(12)11-15/h9-11,13,16,18H,1-8H2.